The van der Waals surface area contributed by atoms with E-state index in [1.807, 2.05) is 31.3 Å². The van der Waals surface area contributed by atoms with Gasteiger partial charge in [-0.25, -0.2) is 0 Å². The topological polar surface area (TPSA) is 53.0 Å². The van der Waals surface area contributed by atoms with Gasteiger partial charge in [0, 0.05) is 24.0 Å². The zero-order chi connectivity index (χ0) is 13.5. The Kier molecular flexibility index (Phi) is 6.14. The molecule has 2 atom stereocenters. The molecule has 0 aliphatic carbocycles. The van der Waals surface area contributed by atoms with Gasteiger partial charge in [-0.3, -0.25) is 4.90 Å². The normalized spacial score (nSPS) is 14.2. The van der Waals surface area contributed by atoms with E-state index in [1.54, 1.807) is 0 Å². The van der Waals surface area contributed by atoms with Gasteiger partial charge < -0.3 is 5.73 Å². The predicted molar refractivity (Wildman–Crippen MR) is 75.3 cm³/mol. The van der Waals surface area contributed by atoms with Crippen LogP contribution >= 0.6 is 11.6 Å². The Labute approximate surface area is 114 Å². The van der Waals surface area contributed by atoms with Crippen LogP contribution in [0.1, 0.15) is 31.4 Å². The Hall–Kier alpha value is -1.08. The molecule has 1 aromatic carbocycles. The molecule has 0 aromatic heterocycles. The standard InChI is InChI=1S/C14H20ClN3/c1-3-13(17)14(18(2)10-6-9-16)11-7-4-5-8-12(11)15/h4-5,7-8,13-14H,3,6,10,17H2,1-2H3. The van der Waals surface area contributed by atoms with Crippen LogP contribution in [0.25, 0.3) is 0 Å². The van der Waals surface area contributed by atoms with Crippen molar-refractivity contribution >= 4 is 11.6 Å². The summed E-state index contributed by atoms with van der Waals surface area (Å²) in [5.74, 6) is 0. The van der Waals surface area contributed by atoms with Crippen molar-refractivity contribution < 1.29 is 0 Å². The minimum atomic E-state index is 0.00796. The van der Waals surface area contributed by atoms with Crippen LogP contribution in [0, 0.1) is 11.3 Å². The molecule has 0 saturated heterocycles. The van der Waals surface area contributed by atoms with Gasteiger partial charge in [0.2, 0.25) is 0 Å². The summed E-state index contributed by atoms with van der Waals surface area (Å²) in [6.45, 7) is 2.76. The summed E-state index contributed by atoms with van der Waals surface area (Å²) in [6.07, 6.45) is 1.36. The maximum Gasteiger partial charge on any atom is 0.0635 e. The second kappa shape index (κ2) is 7.38. The summed E-state index contributed by atoms with van der Waals surface area (Å²) in [4.78, 5) is 2.11. The van der Waals surface area contributed by atoms with Crippen molar-refractivity contribution in [1.82, 2.24) is 4.90 Å². The van der Waals surface area contributed by atoms with Crippen LogP contribution in [0.15, 0.2) is 24.3 Å². The lowest BCUT2D eigenvalue weighted by Gasteiger charge is -2.32. The van der Waals surface area contributed by atoms with Gasteiger partial charge in [0.25, 0.3) is 0 Å². The molecule has 0 aliphatic heterocycles. The SMILES string of the molecule is CCC(N)C(c1ccccc1Cl)N(C)CCC#N. The van der Waals surface area contributed by atoms with Crippen molar-refractivity contribution in [2.45, 2.75) is 31.8 Å². The number of nitrogens with zero attached hydrogens (tertiary/aromatic N) is 2. The van der Waals surface area contributed by atoms with Crippen LogP contribution in [-0.4, -0.2) is 24.5 Å². The van der Waals surface area contributed by atoms with E-state index in [1.165, 1.54) is 0 Å². The molecule has 0 aliphatic rings. The number of hydrogen-bond donors (Lipinski definition) is 1. The Morgan fingerprint density at radius 1 is 1.44 bits per heavy atom. The summed E-state index contributed by atoms with van der Waals surface area (Å²) < 4.78 is 0. The van der Waals surface area contributed by atoms with E-state index >= 15 is 0 Å². The molecule has 0 heterocycles. The first-order chi connectivity index (χ1) is 8.61. The molecule has 0 amide bonds. The lowest BCUT2D eigenvalue weighted by molar-refractivity contribution is 0.214. The molecular formula is C14H20ClN3. The van der Waals surface area contributed by atoms with Gasteiger partial charge in [0.05, 0.1) is 12.1 Å². The van der Waals surface area contributed by atoms with Crippen LogP contribution in [-0.2, 0) is 0 Å². The largest absolute Gasteiger partial charge is 0.326 e. The number of halogens is 1. The lowest BCUT2D eigenvalue weighted by atomic mass is 9.96. The van der Waals surface area contributed by atoms with Gasteiger partial charge in [0.15, 0.2) is 0 Å². The highest BCUT2D eigenvalue weighted by molar-refractivity contribution is 6.31. The summed E-state index contributed by atoms with van der Waals surface area (Å²) >= 11 is 6.25. The van der Waals surface area contributed by atoms with E-state index in [0.717, 1.165) is 17.0 Å². The van der Waals surface area contributed by atoms with Gasteiger partial charge in [-0.1, -0.05) is 36.7 Å². The molecule has 98 valence electrons. The van der Waals surface area contributed by atoms with Crippen LogP contribution in [0.5, 0.6) is 0 Å². The first-order valence-corrected chi connectivity index (χ1v) is 6.56. The van der Waals surface area contributed by atoms with Crippen LogP contribution in [0.2, 0.25) is 5.02 Å². The summed E-state index contributed by atoms with van der Waals surface area (Å²) in [5, 5.41) is 9.42. The number of nitrogens with two attached hydrogens (primary N) is 1. The molecule has 0 spiro atoms. The number of hydrogen-bond acceptors (Lipinski definition) is 3. The van der Waals surface area contributed by atoms with E-state index in [0.29, 0.717) is 13.0 Å². The van der Waals surface area contributed by atoms with Gasteiger partial charge in [-0.05, 0) is 25.1 Å². The third-order valence-corrected chi connectivity index (χ3v) is 3.50. The van der Waals surface area contributed by atoms with Crippen molar-refractivity contribution in [3.05, 3.63) is 34.9 Å². The zero-order valence-electron chi connectivity index (χ0n) is 10.9. The second-order valence-corrected chi connectivity index (χ2v) is 4.83. The van der Waals surface area contributed by atoms with E-state index in [2.05, 4.69) is 17.9 Å². The Morgan fingerprint density at radius 3 is 2.67 bits per heavy atom. The van der Waals surface area contributed by atoms with E-state index in [4.69, 9.17) is 22.6 Å². The molecule has 3 nitrogen and oxygen atoms in total. The lowest BCUT2D eigenvalue weighted by Crippen LogP contribution is -2.39. The molecule has 4 heteroatoms. The molecule has 0 bridgehead atoms. The highest BCUT2D eigenvalue weighted by atomic mass is 35.5. The number of benzene rings is 1. The van der Waals surface area contributed by atoms with Crippen LogP contribution in [0.3, 0.4) is 0 Å². The maximum absolute atomic E-state index is 8.68. The Balaban J connectivity index is 2.99. The summed E-state index contributed by atoms with van der Waals surface area (Å²) in [5.41, 5.74) is 7.24. The molecular weight excluding hydrogens is 246 g/mol. The minimum Gasteiger partial charge on any atom is -0.326 e. The molecule has 0 saturated carbocycles. The molecule has 2 unspecified atom stereocenters. The number of nitriles is 1. The van der Waals surface area contributed by atoms with Crippen molar-refractivity contribution in [2.75, 3.05) is 13.6 Å². The maximum atomic E-state index is 8.68. The highest BCUT2D eigenvalue weighted by Gasteiger charge is 2.24. The van der Waals surface area contributed by atoms with Crippen molar-refractivity contribution in [3.63, 3.8) is 0 Å². The first kappa shape index (κ1) is 15.0. The fraction of sp³-hybridized carbons (Fsp3) is 0.500. The fourth-order valence-electron chi connectivity index (χ4n) is 2.10. The predicted octanol–water partition coefficient (Wildman–Crippen LogP) is 2.96. The molecule has 0 fully saturated rings. The smallest absolute Gasteiger partial charge is 0.0635 e. The minimum absolute atomic E-state index is 0.00796. The summed E-state index contributed by atoms with van der Waals surface area (Å²) in [6, 6.07) is 9.99. The summed E-state index contributed by atoms with van der Waals surface area (Å²) in [7, 11) is 1.99. The van der Waals surface area contributed by atoms with Crippen molar-refractivity contribution in [1.29, 1.82) is 5.26 Å². The van der Waals surface area contributed by atoms with Gasteiger partial charge >= 0.3 is 0 Å². The molecule has 0 radical (unpaired) electrons. The quantitative estimate of drug-likeness (QED) is 0.860. The molecule has 2 N–H and O–H groups in total. The highest BCUT2D eigenvalue weighted by Crippen LogP contribution is 2.29. The molecule has 1 rings (SSSR count). The Morgan fingerprint density at radius 2 is 2.11 bits per heavy atom. The van der Waals surface area contributed by atoms with E-state index in [-0.39, 0.29) is 12.1 Å². The van der Waals surface area contributed by atoms with Crippen LogP contribution in [0.4, 0.5) is 0 Å². The fourth-order valence-corrected chi connectivity index (χ4v) is 2.35. The number of likely N-dealkylation sites (N-methyl/N-ethyl adjacent to an activating group) is 1. The zero-order valence-corrected chi connectivity index (χ0v) is 11.7. The molecule has 1 aromatic rings. The average molecular weight is 266 g/mol. The average Bonchev–Trinajstić information content (AvgIpc) is 2.38. The van der Waals surface area contributed by atoms with Crippen LogP contribution < -0.4 is 5.73 Å². The second-order valence-electron chi connectivity index (χ2n) is 4.43. The third-order valence-electron chi connectivity index (χ3n) is 3.15. The van der Waals surface area contributed by atoms with Gasteiger partial charge in [-0.15, -0.1) is 0 Å². The van der Waals surface area contributed by atoms with Gasteiger partial charge in [0.1, 0.15) is 0 Å². The van der Waals surface area contributed by atoms with E-state index < -0.39 is 0 Å². The third kappa shape index (κ3) is 3.71. The first-order valence-electron chi connectivity index (χ1n) is 6.19. The monoisotopic (exact) mass is 265 g/mol. The Bertz CT molecular complexity index is 414. The number of rotatable bonds is 6. The molecule has 18 heavy (non-hydrogen) atoms. The van der Waals surface area contributed by atoms with Crippen molar-refractivity contribution in [2.24, 2.45) is 5.73 Å². The van der Waals surface area contributed by atoms with Crippen molar-refractivity contribution in [3.8, 4) is 6.07 Å². The van der Waals surface area contributed by atoms with E-state index in [9.17, 15) is 0 Å². The van der Waals surface area contributed by atoms with Gasteiger partial charge in [-0.2, -0.15) is 5.26 Å².